The minimum atomic E-state index is -1.92. The molecule has 0 amide bonds. The number of carbonyl (C=O) groups is 4. The van der Waals surface area contributed by atoms with Gasteiger partial charge in [0.05, 0.1) is 6.61 Å². The average Bonchev–Trinajstić information content (AvgIpc) is 3.35. The molecule has 6 unspecified atom stereocenters. The predicted molar refractivity (Wildman–Crippen MR) is 284 cm³/mol. The third-order valence-corrected chi connectivity index (χ3v) is 11.3. The van der Waals surface area contributed by atoms with Gasteiger partial charge in [-0.25, -0.2) is 4.79 Å². The highest BCUT2D eigenvalue weighted by atomic mass is 16.7. The lowest BCUT2D eigenvalue weighted by Gasteiger charge is -2.40. The summed E-state index contributed by atoms with van der Waals surface area (Å²) < 4.78 is 28.2. The topological polar surface area (TPSA) is 175 Å². The lowest BCUT2D eigenvalue weighted by molar-refractivity contribution is -0.301. The molecule has 400 valence electrons. The molecule has 71 heavy (non-hydrogen) atoms. The van der Waals surface area contributed by atoms with Crippen LogP contribution in [0.2, 0.25) is 0 Å². The fourth-order valence-electron chi connectivity index (χ4n) is 7.29. The second-order valence-corrected chi connectivity index (χ2v) is 17.7. The maximum atomic E-state index is 13.1. The molecule has 1 fully saturated rings. The number of hydrogen-bond donors (Lipinski definition) is 3. The van der Waals surface area contributed by atoms with E-state index >= 15 is 0 Å². The highest BCUT2D eigenvalue weighted by Gasteiger charge is 2.50. The van der Waals surface area contributed by atoms with Crippen molar-refractivity contribution in [3.63, 3.8) is 0 Å². The molecular weight excluding hydrogens is 901 g/mol. The van der Waals surface area contributed by atoms with Gasteiger partial charge in [0.2, 0.25) is 0 Å². The second kappa shape index (κ2) is 46.5. The summed E-state index contributed by atoms with van der Waals surface area (Å²) >= 11 is 0. The van der Waals surface area contributed by atoms with Crippen LogP contribution in [0.5, 0.6) is 0 Å². The fraction of sp³-hybridized carbons (Fsp3) is 0.627. The van der Waals surface area contributed by atoms with Crippen LogP contribution in [0.1, 0.15) is 188 Å². The Morgan fingerprint density at radius 3 is 1.30 bits per heavy atom. The van der Waals surface area contributed by atoms with Gasteiger partial charge in [-0.05, 0) is 116 Å². The molecule has 0 saturated carbocycles. The molecule has 1 heterocycles. The van der Waals surface area contributed by atoms with E-state index in [0.29, 0.717) is 19.3 Å². The van der Waals surface area contributed by atoms with E-state index in [4.69, 9.17) is 23.7 Å². The predicted octanol–water partition coefficient (Wildman–Crippen LogP) is 13.1. The largest absolute Gasteiger partial charge is 0.479 e. The fourth-order valence-corrected chi connectivity index (χ4v) is 7.29. The van der Waals surface area contributed by atoms with Crippen molar-refractivity contribution < 1.29 is 58.2 Å². The molecule has 1 rings (SSSR count). The highest BCUT2D eigenvalue weighted by Crippen LogP contribution is 2.26. The number of aliphatic hydroxyl groups excluding tert-OH is 2. The number of unbranched alkanes of at least 4 members (excludes halogenated alkanes) is 11. The number of aliphatic carboxylic acids is 1. The number of carbonyl (C=O) groups excluding carboxylic acids is 3. The Hall–Kier alpha value is -4.62. The maximum Gasteiger partial charge on any atom is 0.335 e. The van der Waals surface area contributed by atoms with Crippen LogP contribution in [0.25, 0.3) is 0 Å². The van der Waals surface area contributed by atoms with E-state index in [1.807, 2.05) is 0 Å². The molecule has 1 aliphatic rings. The van der Waals surface area contributed by atoms with Gasteiger partial charge >= 0.3 is 23.9 Å². The molecule has 1 aliphatic heterocycles. The zero-order chi connectivity index (χ0) is 51.8. The van der Waals surface area contributed by atoms with Crippen molar-refractivity contribution in [2.24, 2.45) is 0 Å². The molecule has 0 aromatic rings. The van der Waals surface area contributed by atoms with Gasteiger partial charge in [0.25, 0.3) is 0 Å². The summed E-state index contributed by atoms with van der Waals surface area (Å²) in [6.07, 6.45) is 49.3. The SMILES string of the molecule is CC/C=C\C/C=C\C/C=C\CCCCCCCC(=O)OC1C(OCC(COC(=O)CCCCC/C=C\C/C=C\C/C=C\CC)OC(=O)CCCCC/C=C\C/C=C\C/C=C\CC)OC(C(=O)O)C(O)C1O. The van der Waals surface area contributed by atoms with Gasteiger partial charge in [-0.2, -0.15) is 0 Å². The first-order chi connectivity index (χ1) is 34.6. The molecule has 12 heteroatoms. The highest BCUT2D eigenvalue weighted by molar-refractivity contribution is 5.74. The van der Waals surface area contributed by atoms with Crippen LogP contribution in [0, 0.1) is 0 Å². The Balaban J connectivity index is 2.78. The Kier molecular flexibility index (Phi) is 42.1. The molecule has 0 aliphatic carbocycles. The van der Waals surface area contributed by atoms with Crippen molar-refractivity contribution in [2.45, 2.75) is 225 Å². The average molecular weight is 993 g/mol. The van der Waals surface area contributed by atoms with E-state index in [0.717, 1.165) is 128 Å². The number of rotatable bonds is 43. The molecule has 1 saturated heterocycles. The smallest absolute Gasteiger partial charge is 0.335 e. The molecule has 12 nitrogen and oxygen atoms in total. The number of ether oxygens (including phenoxy) is 5. The van der Waals surface area contributed by atoms with Gasteiger partial charge in [-0.3, -0.25) is 14.4 Å². The standard InChI is InChI=1S/C59H92O12/c1-4-7-10-13-16-19-22-25-26-29-32-35-38-41-44-47-53(62)70-57-55(64)54(63)56(58(65)66)71-59(57)68-49-50(69-52(61)46-43-40-37-34-31-28-24-21-18-15-12-9-6-3)48-67-51(60)45-42-39-36-33-30-27-23-20-17-14-11-8-5-2/h7-12,16-21,25-28,30-31,50,54-57,59,63-64H,4-6,13-15,22-24,29,32-49H2,1-3H3,(H,65,66)/b10-7-,11-8-,12-9-,19-16-,20-17-,21-18-,26-25-,30-27-,31-28-. The van der Waals surface area contributed by atoms with E-state index in [9.17, 15) is 34.5 Å². The summed E-state index contributed by atoms with van der Waals surface area (Å²) in [4.78, 5) is 50.9. The van der Waals surface area contributed by atoms with Crippen molar-refractivity contribution in [3.8, 4) is 0 Å². The number of allylic oxidation sites excluding steroid dienone is 18. The molecular formula is C59H92O12. The Morgan fingerprint density at radius 1 is 0.465 bits per heavy atom. The van der Waals surface area contributed by atoms with Gasteiger partial charge in [-0.15, -0.1) is 0 Å². The maximum absolute atomic E-state index is 13.1. The number of carboxylic acids is 1. The quantitative estimate of drug-likeness (QED) is 0.0229. The van der Waals surface area contributed by atoms with E-state index in [2.05, 4.69) is 130 Å². The third-order valence-electron chi connectivity index (χ3n) is 11.3. The molecule has 6 atom stereocenters. The minimum absolute atomic E-state index is 0.0286. The van der Waals surface area contributed by atoms with Crippen LogP contribution in [0.4, 0.5) is 0 Å². The van der Waals surface area contributed by atoms with Crippen molar-refractivity contribution in [2.75, 3.05) is 13.2 Å². The van der Waals surface area contributed by atoms with Crippen LogP contribution in [0.3, 0.4) is 0 Å². The summed E-state index contributed by atoms with van der Waals surface area (Å²) in [5, 5.41) is 31.4. The number of esters is 3. The van der Waals surface area contributed by atoms with E-state index in [1.54, 1.807) is 0 Å². The Labute approximate surface area is 427 Å². The van der Waals surface area contributed by atoms with Crippen LogP contribution < -0.4 is 0 Å². The normalized spacial score (nSPS) is 19.4. The number of hydrogen-bond acceptors (Lipinski definition) is 11. The van der Waals surface area contributed by atoms with E-state index < -0.39 is 67.3 Å². The second-order valence-electron chi connectivity index (χ2n) is 17.7. The van der Waals surface area contributed by atoms with Crippen molar-refractivity contribution in [1.82, 2.24) is 0 Å². The number of carboxylic acid groups (broad SMARTS) is 1. The third kappa shape index (κ3) is 36.9. The van der Waals surface area contributed by atoms with Gasteiger partial charge in [0.1, 0.15) is 18.8 Å². The van der Waals surface area contributed by atoms with Gasteiger partial charge in [0, 0.05) is 19.3 Å². The first-order valence-electron chi connectivity index (χ1n) is 26.9. The molecule has 0 aromatic heterocycles. The summed E-state index contributed by atoms with van der Waals surface area (Å²) in [7, 11) is 0. The zero-order valence-corrected chi connectivity index (χ0v) is 43.7. The molecule has 0 radical (unpaired) electrons. The Bertz CT molecular complexity index is 1650. The van der Waals surface area contributed by atoms with Gasteiger partial charge in [-0.1, -0.05) is 162 Å². The molecule has 0 aromatic carbocycles. The van der Waals surface area contributed by atoms with E-state index in [-0.39, 0.29) is 25.9 Å². The monoisotopic (exact) mass is 993 g/mol. The van der Waals surface area contributed by atoms with Crippen LogP contribution in [-0.4, -0.2) is 89.2 Å². The van der Waals surface area contributed by atoms with Gasteiger partial charge in [0.15, 0.2) is 24.6 Å². The molecule has 0 bridgehead atoms. The molecule has 0 spiro atoms. The lowest BCUT2D eigenvalue weighted by Crippen LogP contribution is -2.61. The summed E-state index contributed by atoms with van der Waals surface area (Å²) in [5.41, 5.74) is 0. The van der Waals surface area contributed by atoms with Crippen molar-refractivity contribution in [1.29, 1.82) is 0 Å². The van der Waals surface area contributed by atoms with Crippen LogP contribution >= 0.6 is 0 Å². The van der Waals surface area contributed by atoms with E-state index in [1.165, 1.54) is 0 Å². The van der Waals surface area contributed by atoms with Crippen LogP contribution in [-0.2, 0) is 42.9 Å². The summed E-state index contributed by atoms with van der Waals surface area (Å²) in [6.45, 7) is 5.55. The molecule has 3 N–H and O–H groups in total. The zero-order valence-electron chi connectivity index (χ0n) is 43.7. The Morgan fingerprint density at radius 2 is 0.845 bits per heavy atom. The first-order valence-corrected chi connectivity index (χ1v) is 26.9. The first kappa shape index (κ1) is 64.4. The summed E-state index contributed by atoms with van der Waals surface area (Å²) in [6, 6.07) is 0. The summed E-state index contributed by atoms with van der Waals surface area (Å²) in [5.74, 6) is -3.24. The minimum Gasteiger partial charge on any atom is -0.479 e. The van der Waals surface area contributed by atoms with Crippen molar-refractivity contribution in [3.05, 3.63) is 109 Å². The van der Waals surface area contributed by atoms with Crippen LogP contribution in [0.15, 0.2) is 109 Å². The van der Waals surface area contributed by atoms with Gasteiger partial charge < -0.3 is 39.0 Å². The lowest BCUT2D eigenvalue weighted by atomic mass is 9.98. The number of aliphatic hydroxyl groups is 2. The van der Waals surface area contributed by atoms with Crippen molar-refractivity contribution >= 4 is 23.9 Å².